The highest BCUT2D eigenvalue weighted by Gasteiger charge is 2.30. The van der Waals surface area contributed by atoms with Crippen LogP contribution in [0.1, 0.15) is 41.7 Å². The van der Waals surface area contributed by atoms with Crippen LogP contribution in [0.25, 0.3) is 0 Å². The quantitative estimate of drug-likeness (QED) is 0.330. The first-order valence-electron chi connectivity index (χ1n) is 5.86. The molecule has 100 valence electrons. The fourth-order valence-corrected chi connectivity index (χ4v) is 2.29. The largest absolute Gasteiger partial charge is 0.409 e. The summed E-state index contributed by atoms with van der Waals surface area (Å²) >= 11 is 1.46. The van der Waals surface area contributed by atoms with Crippen molar-refractivity contribution in [1.82, 2.24) is 5.32 Å². The molecule has 1 rings (SSSR count). The Balaban J connectivity index is 2.86. The molecule has 1 atom stereocenters. The van der Waals surface area contributed by atoms with Gasteiger partial charge in [0.15, 0.2) is 5.84 Å². The topological polar surface area (TPSA) is 87.7 Å². The van der Waals surface area contributed by atoms with Crippen molar-refractivity contribution in [3.8, 4) is 0 Å². The zero-order valence-electron chi connectivity index (χ0n) is 10.9. The predicted molar refractivity (Wildman–Crippen MR) is 73.3 cm³/mol. The minimum Gasteiger partial charge on any atom is -0.409 e. The third kappa shape index (κ3) is 3.01. The van der Waals surface area contributed by atoms with E-state index in [-0.39, 0.29) is 11.7 Å². The first-order chi connectivity index (χ1) is 8.46. The highest BCUT2D eigenvalue weighted by Crippen LogP contribution is 2.18. The molecule has 0 saturated carbocycles. The molecule has 0 radical (unpaired) electrons. The molecule has 0 bridgehead atoms. The number of carbonyl (C=O) groups excluding carboxylic acids is 1. The van der Waals surface area contributed by atoms with E-state index in [2.05, 4.69) is 10.5 Å². The van der Waals surface area contributed by atoms with Crippen molar-refractivity contribution in [2.75, 3.05) is 0 Å². The molecular weight excluding hydrogens is 250 g/mol. The highest BCUT2D eigenvalue weighted by atomic mass is 32.1. The van der Waals surface area contributed by atoms with E-state index < -0.39 is 5.54 Å². The van der Waals surface area contributed by atoms with Gasteiger partial charge in [-0.05, 0) is 31.9 Å². The second-order valence-corrected chi connectivity index (χ2v) is 5.41. The summed E-state index contributed by atoms with van der Waals surface area (Å²) in [5, 5.41) is 14.5. The maximum absolute atomic E-state index is 12.1. The number of nitrogens with two attached hydrogens (primary N) is 1. The Morgan fingerprint density at radius 1 is 1.56 bits per heavy atom. The number of rotatable bonds is 5. The molecule has 0 fully saturated rings. The molecule has 1 amide bonds. The van der Waals surface area contributed by atoms with E-state index in [0.717, 1.165) is 11.3 Å². The average molecular weight is 269 g/mol. The van der Waals surface area contributed by atoms with Crippen LogP contribution in [0.3, 0.4) is 0 Å². The van der Waals surface area contributed by atoms with Gasteiger partial charge in [-0.3, -0.25) is 4.79 Å². The molecular formula is C12H19N3O2S. The van der Waals surface area contributed by atoms with Crippen molar-refractivity contribution >= 4 is 23.1 Å². The summed E-state index contributed by atoms with van der Waals surface area (Å²) < 4.78 is 0. The van der Waals surface area contributed by atoms with Crippen LogP contribution >= 0.6 is 11.3 Å². The number of hydrogen-bond donors (Lipinski definition) is 3. The normalized spacial score (nSPS) is 15.2. The Morgan fingerprint density at radius 3 is 2.67 bits per heavy atom. The van der Waals surface area contributed by atoms with Crippen molar-refractivity contribution in [2.24, 2.45) is 10.9 Å². The fraction of sp³-hybridized carbons (Fsp3) is 0.500. The summed E-state index contributed by atoms with van der Waals surface area (Å²) in [6.07, 6.45) is 1.45. The van der Waals surface area contributed by atoms with E-state index in [1.54, 1.807) is 13.0 Å². The molecule has 5 nitrogen and oxygen atoms in total. The molecule has 0 aliphatic rings. The Kier molecular flexibility index (Phi) is 4.72. The van der Waals surface area contributed by atoms with E-state index in [1.807, 2.05) is 19.9 Å². The van der Waals surface area contributed by atoms with E-state index in [4.69, 9.17) is 10.9 Å². The van der Waals surface area contributed by atoms with Gasteiger partial charge in [-0.1, -0.05) is 19.0 Å². The van der Waals surface area contributed by atoms with Gasteiger partial charge in [-0.2, -0.15) is 0 Å². The van der Waals surface area contributed by atoms with E-state index >= 15 is 0 Å². The second kappa shape index (κ2) is 5.86. The molecule has 18 heavy (non-hydrogen) atoms. The molecule has 4 N–H and O–H groups in total. The molecule has 1 unspecified atom stereocenters. The van der Waals surface area contributed by atoms with Gasteiger partial charge in [0, 0.05) is 4.88 Å². The lowest BCUT2D eigenvalue weighted by Crippen LogP contribution is -2.54. The summed E-state index contributed by atoms with van der Waals surface area (Å²) in [5.74, 6) is -0.193. The van der Waals surface area contributed by atoms with Crippen molar-refractivity contribution in [3.63, 3.8) is 0 Å². The molecule has 1 heterocycles. The first-order valence-corrected chi connectivity index (χ1v) is 6.67. The molecule has 6 heteroatoms. The number of hydrogen-bond acceptors (Lipinski definition) is 4. The fourth-order valence-electron chi connectivity index (χ4n) is 1.45. The van der Waals surface area contributed by atoms with Gasteiger partial charge < -0.3 is 16.3 Å². The summed E-state index contributed by atoms with van der Waals surface area (Å²) in [5.41, 5.74) is 4.78. The Labute approximate surface area is 111 Å². The minimum atomic E-state index is -0.831. The number of oxime groups is 1. The van der Waals surface area contributed by atoms with Crippen LogP contribution in [0.15, 0.2) is 17.3 Å². The van der Waals surface area contributed by atoms with Gasteiger partial charge in [0.2, 0.25) is 0 Å². The van der Waals surface area contributed by atoms with Crippen LogP contribution in [0.4, 0.5) is 0 Å². The van der Waals surface area contributed by atoms with Crippen LogP contribution in [-0.4, -0.2) is 22.5 Å². The van der Waals surface area contributed by atoms with Gasteiger partial charge in [0.25, 0.3) is 5.91 Å². The van der Waals surface area contributed by atoms with Crippen LogP contribution in [0.5, 0.6) is 0 Å². The standard InChI is InChI=1S/C12H19N3O2S/c1-4-8-6-7-9(18-8)10(16)14-12(3,5-2)11(13)15-17/h6-7,17H,4-5H2,1-3H3,(H2,13,15)(H,14,16). The van der Waals surface area contributed by atoms with Crippen LogP contribution in [0, 0.1) is 0 Å². The number of nitrogens with zero attached hydrogens (tertiary/aromatic N) is 1. The molecule has 0 saturated heterocycles. The summed E-state index contributed by atoms with van der Waals surface area (Å²) in [7, 11) is 0. The Bertz CT molecular complexity index is 456. The number of carbonyl (C=O) groups is 1. The predicted octanol–water partition coefficient (Wildman–Crippen LogP) is 1.96. The van der Waals surface area contributed by atoms with E-state index in [1.165, 1.54) is 11.3 Å². The highest BCUT2D eigenvalue weighted by molar-refractivity contribution is 7.14. The van der Waals surface area contributed by atoms with Crippen LogP contribution in [-0.2, 0) is 6.42 Å². The molecule has 0 aromatic carbocycles. The Hall–Kier alpha value is -1.56. The second-order valence-electron chi connectivity index (χ2n) is 4.24. The summed E-state index contributed by atoms with van der Waals surface area (Å²) in [6.45, 7) is 5.64. The Morgan fingerprint density at radius 2 is 2.22 bits per heavy atom. The smallest absolute Gasteiger partial charge is 0.262 e. The molecule has 0 aliphatic carbocycles. The van der Waals surface area contributed by atoms with Crippen LogP contribution < -0.4 is 11.1 Å². The number of aryl methyl sites for hydroxylation is 1. The minimum absolute atomic E-state index is 0.00520. The average Bonchev–Trinajstić information content (AvgIpc) is 2.86. The molecule has 1 aromatic heterocycles. The number of amidine groups is 1. The lowest BCUT2D eigenvalue weighted by atomic mass is 9.97. The number of amides is 1. The number of nitrogens with one attached hydrogen (secondary N) is 1. The van der Waals surface area contributed by atoms with Gasteiger partial charge in [0.1, 0.15) is 0 Å². The molecule has 0 aliphatic heterocycles. The maximum atomic E-state index is 12.1. The first kappa shape index (κ1) is 14.5. The SMILES string of the molecule is CCc1ccc(C(=O)NC(C)(CC)C(N)=NO)s1. The zero-order valence-corrected chi connectivity index (χ0v) is 11.7. The third-order valence-corrected chi connectivity index (χ3v) is 4.23. The van der Waals surface area contributed by atoms with Crippen molar-refractivity contribution in [2.45, 2.75) is 39.2 Å². The van der Waals surface area contributed by atoms with Gasteiger partial charge in [-0.15, -0.1) is 11.3 Å². The zero-order chi connectivity index (χ0) is 13.8. The lowest BCUT2D eigenvalue weighted by molar-refractivity contribution is 0.0929. The van der Waals surface area contributed by atoms with Crippen LogP contribution in [0.2, 0.25) is 0 Å². The monoisotopic (exact) mass is 269 g/mol. The molecule has 0 spiro atoms. The lowest BCUT2D eigenvalue weighted by Gasteiger charge is -2.27. The van der Waals surface area contributed by atoms with E-state index in [0.29, 0.717) is 11.3 Å². The van der Waals surface area contributed by atoms with Crippen molar-refractivity contribution in [3.05, 3.63) is 21.9 Å². The van der Waals surface area contributed by atoms with Gasteiger partial charge in [0.05, 0.1) is 10.4 Å². The van der Waals surface area contributed by atoms with Crippen molar-refractivity contribution in [1.29, 1.82) is 0 Å². The summed E-state index contributed by atoms with van der Waals surface area (Å²) in [6, 6.07) is 3.73. The third-order valence-electron chi connectivity index (χ3n) is 3.00. The van der Waals surface area contributed by atoms with Gasteiger partial charge >= 0.3 is 0 Å². The van der Waals surface area contributed by atoms with E-state index in [9.17, 15) is 4.79 Å². The maximum Gasteiger partial charge on any atom is 0.262 e. The van der Waals surface area contributed by atoms with Gasteiger partial charge in [-0.25, -0.2) is 0 Å². The van der Waals surface area contributed by atoms with Crippen molar-refractivity contribution < 1.29 is 10.0 Å². The summed E-state index contributed by atoms with van der Waals surface area (Å²) in [4.78, 5) is 13.9. The number of thiophene rings is 1. The molecule has 1 aromatic rings.